The van der Waals surface area contributed by atoms with Gasteiger partial charge in [-0.1, -0.05) is 19.8 Å². The zero-order chi connectivity index (χ0) is 11.2. The lowest BCUT2D eigenvalue weighted by Gasteiger charge is -2.32. The van der Waals surface area contributed by atoms with E-state index in [0.717, 1.165) is 6.54 Å². The minimum atomic E-state index is -0.0729. The molecule has 0 heterocycles. The van der Waals surface area contributed by atoms with Crippen LogP contribution < -0.4 is 5.73 Å². The molecular weight excluding hydrogens is 172 g/mol. The zero-order valence-corrected chi connectivity index (χ0v) is 10.6. The van der Waals surface area contributed by atoms with Gasteiger partial charge in [-0.3, -0.25) is 4.90 Å². The van der Waals surface area contributed by atoms with Gasteiger partial charge in [0.05, 0.1) is 0 Å². The fourth-order valence-corrected chi connectivity index (χ4v) is 1.61. The molecule has 0 radical (unpaired) electrons. The van der Waals surface area contributed by atoms with E-state index in [9.17, 15) is 0 Å². The Hall–Kier alpha value is -0.0800. The van der Waals surface area contributed by atoms with Gasteiger partial charge in [-0.2, -0.15) is 0 Å². The highest BCUT2D eigenvalue weighted by Gasteiger charge is 2.18. The van der Waals surface area contributed by atoms with Crippen LogP contribution in [0.15, 0.2) is 0 Å². The van der Waals surface area contributed by atoms with Crippen molar-refractivity contribution in [3.8, 4) is 0 Å². The Kier molecular flexibility index (Phi) is 6.38. The Balaban J connectivity index is 3.91. The number of nitrogens with two attached hydrogens (primary N) is 1. The predicted molar refractivity (Wildman–Crippen MR) is 64.5 cm³/mol. The summed E-state index contributed by atoms with van der Waals surface area (Å²) in [5.41, 5.74) is 5.96. The second-order valence-electron chi connectivity index (χ2n) is 5.26. The monoisotopic (exact) mass is 200 g/mol. The maximum absolute atomic E-state index is 6.04. The van der Waals surface area contributed by atoms with Crippen LogP contribution in [-0.2, 0) is 0 Å². The second-order valence-corrected chi connectivity index (χ2v) is 5.26. The average Bonchev–Trinajstić information content (AvgIpc) is 2.00. The van der Waals surface area contributed by atoms with E-state index in [1.807, 2.05) is 0 Å². The fourth-order valence-electron chi connectivity index (χ4n) is 1.61. The van der Waals surface area contributed by atoms with Crippen LogP contribution in [0.4, 0.5) is 0 Å². The Morgan fingerprint density at radius 1 is 1.21 bits per heavy atom. The molecule has 0 fully saturated rings. The van der Waals surface area contributed by atoms with Gasteiger partial charge in [0.1, 0.15) is 0 Å². The van der Waals surface area contributed by atoms with E-state index in [4.69, 9.17) is 5.73 Å². The highest BCUT2D eigenvalue weighted by atomic mass is 15.2. The minimum Gasteiger partial charge on any atom is -0.324 e. The summed E-state index contributed by atoms with van der Waals surface area (Å²) in [6.07, 6.45) is 3.91. The fraction of sp³-hybridized carbons (Fsp3) is 1.00. The quantitative estimate of drug-likeness (QED) is 0.640. The third kappa shape index (κ3) is 7.34. The molecule has 86 valence electrons. The predicted octanol–water partition coefficient (Wildman–Crippen LogP) is 2.62. The molecular formula is C12H28N2. The molecule has 0 aliphatic carbocycles. The molecule has 2 nitrogen and oxygen atoms in total. The molecule has 2 N–H and O–H groups in total. The van der Waals surface area contributed by atoms with Crippen LogP contribution in [0.25, 0.3) is 0 Å². The number of nitrogens with zero attached hydrogens (tertiary/aromatic N) is 1. The molecule has 0 rings (SSSR count). The van der Waals surface area contributed by atoms with Crippen LogP contribution in [0.5, 0.6) is 0 Å². The largest absolute Gasteiger partial charge is 0.324 e. The van der Waals surface area contributed by atoms with Gasteiger partial charge >= 0.3 is 0 Å². The van der Waals surface area contributed by atoms with E-state index in [0.29, 0.717) is 6.04 Å². The second kappa shape index (κ2) is 6.41. The number of hydrogen-bond donors (Lipinski definition) is 1. The summed E-state index contributed by atoms with van der Waals surface area (Å²) < 4.78 is 0. The van der Waals surface area contributed by atoms with Crippen molar-refractivity contribution >= 4 is 0 Å². The van der Waals surface area contributed by atoms with Crippen molar-refractivity contribution in [2.24, 2.45) is 5.73 Å². The van der Waals surface area contributed by atoms with Crippen molar-refractivity contribution in [2.75, 3.05) is 13.1 Å². The Labute approximate surface area is 89.9 Å². The summed E-state index contributed by atoms with van der Waals surface area (Å²) in [6, 6.07) is 0.606. The van der Waals surface area contributed by atoms with Crippen LogP contribution in [0.1, 0.15) is 53.9 Å². The highest BCUT2D eigenvalue weighted by molar-refractivity contribution is 4.78. The molecule has 0 spiro atoms. The van der Waals surface area contributed by atoms with Crippen LogP contribution in [-0.4, -0.2) is 29.6 Å². The molecule has 0 bridgehead atoms. The summed E-state index contributed by atoms with van der Waals surface area (Å²) in [5, 5.41) is 0. The molecule has 0 aromatic carbocycles. The number of unbranched alkanes of at least 4 members (excludes halogenated alkanes) is 2. The van der Waals surface area contributed by atoms with Crippen LogP contribution in [0.2, 0.25) is 0 Å². The van der Waals surface area contributed by atoms with Crippen molar-refractivity contribution < 1.29 is 0 Å². The van der Waals surface area contributed by atoms with Gasteiger partial charge in [-0.25, -0.2) is 0 Å². The molecule has 0 aliphatic heterocycles. The normalized spacial score (nSPS) is 12.9. The van der Waals surface area contributed by atoms with E-state index in [-0.39, 0.29) is 5.54 Å². The molecule has 0 saturated heterocycles. The topological polar surface area (TPSA) is 29.3 Å². The van der Waals surface area contributed by atoms with Crippen molar-refractivity contribution in [1.29, 1.82) is 0 Å². The third-order valence-electron chi connectivity index (χ3n) is 2.39. The van der Waals surface area contributed by atoms with E-state index >= 15 is 0 Å². The highest BCUT2D eigenvalue weighted by Crippen LogP contribution is 2.08. The smallest absolute Gasteiger partial charge is 0.0226 e. The van der Waals surface area contributed by atoms with Gasteiger partial charge in [-0.05, 0) is 40.7 Å². The average molecular weight is 200 g/mol. The first kappa shape index (κ1) is 13.9. The van der Waals surface area contributed by atoms with Gasteiger partial charge in [0.25, 0.3) is 0 Å². The zero-order valence-electron chi connectivity index (χ0n) is 10.6. The SMILES string of the molecule is CCCCCN(CC(C)(C)N)C(C)C. The van der Waals surface area contributed by atoms with Crippen LogP contribution >= 0.6 is 0 Å². The summed E-state index contributed by atoms with van der Waals surface area (Å²) in [4.78, 5) is 2.48. The lowest BCUT2D eigenvalue weighted by Crippen LogP contribution is -2.48. The first-order chi connectivity index (χ1) is 6.37. The molecule has 0 amide bonds. The first-order valence-corrected chi connectivity index (χ1v) is 5.89. The van der Waals surface area contributed by atoms with Crippen molar-refractivity contribution in [2.45, 2.75) is 65.5 Å². The molecule has 0 aliphatic rings. The molecule has 0 unspecified atom stereocenters. The van der Waals surface area contributed by atoms with Gasteiger partial charge in [-0.15, -0.1) is 0 Å². The van der Waals surface area contributed by atoms with Gasteiger partial charge < -0.3 is 5.73 Å². The summed E-state index contributed by atoms with van der Waals surface area (Å²) in [6.45, 7) is 13.1. The third-order valence-corrected chi connectivity index (χ3v) is 2.39. The molecule has 0 aromatic heterocycles. The molecule has 14 heavy (non-hydrogen) atoms. The van der Waals surface area contributed by atoms with Gasteiger partial charge in [0, 0.05) is 18.1 Å². The Morgan fingerprint density at radius 3 is 2.14 bits per heavy atom. The van der Waals surface area contributed by atoms with Gasteiger partial charge in [0.15, 0.2) is 0 Å². The lowest BCUT2D eigenvalue weighted by molar-refractivity contribution is 0.180. The Morgan fingerprint density at radius 2 is 1.79 bits per heavy atom. The summed E-state index contributed by atoms with van der Waals surface area (Å²) >= 11 is 0. The lowest BCUT2D eigenvalue weighted by atomic mass is 10.1. The van der Waals surface area contributed by atoms with Crippen molar-refractivity contribution in [1.82, 2.24) is 4.90 Å². The van der Waals surface area contributed by atoms with Crippen LogP contribution in [0, 0.1) is 0 Å². The molecule has 0 atom stereocenters. The maximum Gasteiger partial charge on any atom is 0.0226 e. The molecule has 0 aromatic rings. The van der Waals surface area contributed by atoms with Crippen molar-refractivity contribution in [3.63, 3.8) is 0 Å². The number of hydrogen-bond acceptors (Lipinski definition) is 2. The summed E-state index contributed by atoms with van der Waals surface area (Å²) in [7, 11) is 0. The van der Waals surface area contributed by atoms with Crippen molar-refractivity contribution in [3.05, 3.63) is 0 Å². The standard InChI is InChI=1S/C12H28N2/c1-6-7-8-9-14(11(2)3)10-12(4,5)13/h11H,6-10,13H2,1-5H3. The van der Waals surface area contributed by atoms with E-state index in [1.54, 1.807) is 0 Å². The molecule has 0 saturated carbocycles. The van der Waals surface area contributed by atoms with Crippen LogP contribution in [0.3, 0.4) is 0 Å². The maximum atomic E-state index is 6.04. The molecule has 2 heteroatoms. The number of rotatable bonds is 7. The van der Waals surface area contributed by atoms with E-state index in [2.05, 4.69) is 39.5 Å². The minimum absolute atomic E-state index is 0.0729. The van der Waals surface area contributed by atoms with E-state index < -0.39 is 0 Å². The Bertz CT molecular complexity index is 136. The first-order valence-electron chi connectivity index (χ1n) is 5.89. The van der Waals surface area contributed by atoms with Gasteiger partial charge in [0.2, 0.25) is 0 Å². The van der Waals surface area contributed by atoms with E-state index in [1.165, 1.54) is 25.8 Å². The summed E-state index contributed by atoms with van der Waals surface area (Å²) in [5.74, 6) is 0.